The lowest BCUT2D eigenvalue weighted by Crippen LogP contribution is -2.26. The summed E-state index contributed by atoms with van der Waals surface area (Å²) < 4.78 is 13.2. The van der Waals surface area contributed by atoms with E-state index in [-0.39, 0.29) is 11.5 Å². The zero-order valence-electron chi connectivity index (χ0n) is 11.2. The van der Waals surface area contributed by atoms with Crippen LogP contribution >= 0.6 is 0 Å². The number of nitrogens with one attached hydrogen (secondary N) is 2. The van der Waals surface area contributed by atoms with Crippen molar-refractivity contribution in [2.75, 3.05) is 18.4 Å². The maximum Gasteiger partial charge on any atom is 0.255 e. The summed E-state index contributed by atoms with van der Waals surface area (Å²) in [5.74, 6) is 0.539. The van der Waals surface area contributed by atoms with E-state index >= 15 is 0 Å². The van der Waals surface area contributed by atoms with Crippen LogP contribution in [0.25, 0.3) is 0 Å². The second-order valence-electron chi connectivity index (χ2n) is 4.92. The van der Waals surface area contributed by atoms with Crippen LogP contribution in [0.4, 0.5) is 10.2 Å². The van der Waals surface area contributed by atoms with Crippen LogP contribution in [0.5, 0.6) is 0 Å². The molecule has 0 unspecified atom stereocenters. The molecular weight excluding hydrogens is 245 g/mol. The average Bonchev–Trinajstić information content (AvgIpc) is 3.21. The minimum absolute atomic E-state index is 0.265. The van der Waals surface area contributed by atoms with Gasteiger partial charge in [0.15, 0.2) is 0 Å². The molecule has 0 aromatic carbocycles. The first-order valence-corrected chi connectivity index (χ1v) is 6.88. The van der Waals surface area contributed by atoms with Gasteiger partial charge in [0.2, 0.25) is 0 Å². The molecule has 1 amide bonds. The molecule has 1 saturated carbocycles. The van der Waals surface area contributed by atoms with E-state index < -0.39 is 5.82 Å². The molecule has 1 aliphatic rings. The molecule has 0 bridgehead atoms. The highest BCUT2D eigenvalue weighted by molar-refractivity contribution is 5.98. The van der Waals surface area contributed by atoms with Gasteiger partial charge in [-0.15, -0.1) is 0 Å². The van der Waals surface area contributed by atoms with Crippen molar-refractivity contribution < 1.29 is 9.18 Å². The second kappa shape index (κ2) is 6.50. The number of carbonyl (C=O) groups is 1. The second-order valence-corrected chi connectivity index (χ2v) is 4.92. The summed E-state index contributed by atoms with van der Waals surface area (Å²) in [6, 6.07) is 1.22. The number of pyridine rings is 1. The third-order valence-electron chi connectivity index (χ3n) is 3.21. The van der Waals surface area contributed by atoms with Crippen molar-refractivity contribution >= 4 is 11.7 Å². The van der Waals surface area contributed by atoms with Crippen LogP contribution in [0, 0.1) is 11.7 Å². The molecule has 0 aliphatic heterocycles. The van der Waals surface area contributed by atoms with Gasteiger partial charge in [-0.1, -0.05) is 12.8 Å². The summed E-state index contributed by atoms with van der Waals surface area (Å²) in [5, 5.41) is 5.79. The molecule has 0 atom stereocenters. The number of hydrogen-bond acceptors (Lipinski definition) is 3. The molecule has 19 heavy (non-hydrogen) atoms. The van der Waals surface area contributed by atoms with Crippen molar-refractivity contribution in [1.29, 1.82) is 0 Å². The third kappa shape index (κ3) is 4.19. The highest BCUT2D eigenvalue weighted by atomic mass is 19.1. The monoisotopic (exact) mass is 265 g/mol. The summed E-state index contributed by atoms with van der Waals surface area (Å²) in [5.41, 5.74) is 0.272. The molecule has 0 spiro atoms. The van der Waals surface area contributed by atoms with Gasteiger partial charge >= 0.3 is 0 Å². The Bertz CT molecular complexity index is 446. The highest BCUT2D eigenvalue weighted by Crippen LogP contribution is 2.33. The lowest BCUT2D eigenvalue weighted by Gasteiger charge is -2.10. The van der Waals surface area contributed by atoms with Gasteiger partial charge in [0.25, 0.3) is 5.91 Å². The SMILES string of the molecule is CCNc1ncc(F)cc1C(=O)NCCCC1CC1. The van der Waals surface area contributed by atoms with Gasteiger partial charge in [0.05, 0.1) is 11.8 Å². The molecule has 1 fully saturated rings. The molecule has 0 radical (unpaired) electrons. The Hall–Kier alpha value is -1.65. The van der Waals surface area contributed by atoms with Crippen LogP contribution in [0.3, 0.4) is 0 Å². The highest BCUT2D eigenvalue weighted by Gasteiger charge is 2.20. The van der Waals surface area contributed by atoms with Crippen molar-refractivity contribution in [3.05, 3.63) is 23.6 Å². The van der Waals surface area contributed by atoms with Gasteiger partial charge in [0.1, 0.15) is 11.6 Å². The Morgan fingerprint density at radius 1 is 1.53 bits per heavy atom. The fourth-order valence-electron chi connectivity index (χ4n) is 2.02. The Labute approximate surface area is 112 Å². The maximum absolute atomic E-state index is 13.2. The molecule has 1 aromatic heterocycles. The molecule has 1 heterocycles. The van der Waals surface area contributed by atoms with Crippen molar-refractivity contribution in [3.63, 3.8) is 0 Å². The van der Waals surface area contributed by atoms with Gasteiger partial charge < -0.3 is 10.6 Å². The van der Waals surface area contributed by atoms with E-state index in [1.165, 1.54) is 25.3 Å². The Balaban J connectivity index is 1.90. The normalized spacial score (nSPS) is 14.2. The zero-order chi connectivity index (χ0) is 13.7. The van der Waals surface area contributed by atoms with Crippen molar-refractivity contribution in [2.24, 2.45) is 5.92 Å². The van der Waals surface area contributed by atoms with Gasteiger partial charge in [-0.25, -0.2) is 9.37 Å². The first-order valence-electron chi connectivity index (χ1n) is 6.88. The molecule has 104 valence electrons. The number of rotatable bonds is 7. The van der Waals surface area contributed by atoms with E-state index in [1.807, 2.05) is 6.92 Å². The Kier molecular flexibility index (Phi) is 4.71. The largest absolute Gasteiger partial charge is 0.370 e. The van der Waals surface area contributed by atoms with Crippen LogP contribution < -0.4 is 10.6 Å². The fraction of sp³-hybridized carbons (Fsp3) is 0.571. The topological polar surface area (TPSA) is 54.0 Å². The zero-order valence-corrected chi connectivity index (χ0v) is 11.2. The van der Waals surface area contributed by atoms with E-state index in [4.69, 9.17) is 0 Å². The molecular formula is C14H20FN3O. The fourth-order valence-corrected chi connectivity index (χ4v) is 2.02. The number of nitrogens with zero attached hydrogens (tertiary/aromatic N) is 1. The number of hydrogen-bond donors (Lipinski definition) is 2. The smallest absolute Gasteiger partial charge is 0.255 e. The third-order valence-corrected chi connectivity index (χ3v) is 3.21. The molecule has 1 aliphatic carbocycles. The summed E-state index contributed by atoms with van der Waals surface area (Å²) in [4.78, 5) is 15.9. The predicted octanol–water partition coefficient (Wildman–Crippen LogP) is 2.57. The van der Waals surface area contributed by atoms with E-state index in [2.05, 4.69) is 15.6 Å². The van der Waals surface area contributed by atoms with Crippen LogP contribution in [-0.2, 0) is 0 Å². The molecule has 4 nitrogen and oxygen atoms in total. The van der Waals surface area contributed by atoms with E-state index in [1.54, 1.807) is 0 Å². The molecule has 2 rings (SSSR count). The van der Waals surface area contributed by atoms with Gasteiger partial charge in [0, 0.05) is 13.1 Å². The lowest BCUT2D eigenvalue weighted by atomic mass is 10.2. The predicted molar refractivity (Wildman–Crippen MR) is 72.6 cm³/mol. The first-order chi connectivity index (χ1) is 9.20. The van der Waals surface area contributed by atoms with Crippen molar-refractivity contribution in [1.82, 2.24) is 10.3 Å². The minimum atomic E-state index is -0.496. The summed E-state index contributed by atoms with van der Waals surface area (Å²) >= 11 is 0. The molecule has 2 N–H and O–H groups in total. The van der Waals surface area contributed by atoms with Gasteiger partial charge in [-0.05, 0) is 31.7 Å². The van der Waals surface area contributed by atoms with Gasteiger partial charge in [-0.2, -0.15) is 0 Å². The maximum atomic E-state index is 13.2. The van der Waals surface area contributed by atoms with Crippen molar-refractivity contribution in [2.45, 2.75) is 32.6 Å². The summed E-state index contributed by atoms with van der Waals surface area (Å²) in [6.07, 6.45) is 5.91. The summed E-state index contributed by atoms with van der Waals surface area (Å²) in [6.45, 7) is 3.18. The van der Waals surface area contributed by atoms with Crippen LogP contribution in [-0.4, -0.2) is 24.0 Å². The number of amides is 1. The molecule has 0 saturated heterocycles. The first kappa shape index (κ1) is 13.8. The Morgan fingerprint density at radius 2 is 2.32 bits per heavy atom. The minimum Gasteiger partial charge on any atom is -0.370 e. The van der Waals surface area contributed by atoms with Crippen LogP contribution in [0.2, 0.25) is 0 Å². The molecule has 5 heteroatoms. The standard InChI is InChI=1S/C14H20FN3O/c1-2-16-13-12(8-11(15)9-18-13)14(19)17-7-3-4-10-5-6-10/h8-10H,2-7H2,1H3,(H,16,18)(H,17,19). The van der Waals surface area contributed by atoms with Crippen LogP contribution in [0.1, 0.15) is 43.0 Å². The molecule has 1 aromatic rings. The van der Waals surface area contributed by atoms with Gasteiger partial charge in [-0.3, -0.25) is 4.79 Å². The lowest BCUT2D eigenvalue weighted by molar-refractivity contribution is 0.0953. The Morgan fingerprint density at radius 3 is 3.00 bits per heavy atom. The number of carbonyl (C=O) groups excluding carboxylic acids is 1. The van der Waals surface area contributed by atoms with E-state index in [0.29, 0.717) is 18.9 Å². The van der Waals surface area contributed by atoms with Crippen LogP contribution in [0.15, 0.2) is 12.3 Å². The number of aromatic nitrogens is 1. The quantitative estimate of drug-likeness (QED) is 0.745. The van der Waals surface area contributed by atoms with Crippen molar-refractivity contribution in [3.8, 4) is 0 Å². The number of halogens is 1. The number of anilines is 1. The van der Waals surface area contributed by atoms with E-state index in [9.17, 15) is 9.18 Å². The average molecular weight is 265 g/mol. The van der Waals surface area contributed by atoms with E-state index in [0.717, 1.165) is 18.5 Å². The summed E-state index contributed by atoms with van der Waals surface area (Å²) in [7, 11) is 0.